The van der Waals surface area contributed by atoms with Crippen LogP contribution in [0, 0.1) is 11.6 Å². The highest BCUT2D eigenvalue weighted by Gasteiger charge is 2.37. The molecule has 0 unspecified atom stereocenters. The van der Waals surface area contributed by atoms with Gasteiger partial charge < -0.3 is 10.0 Å². The standard InChI is InChI=1S/C13H17F2NO/c1-16-6-4-13(9-17,5-7-16)11-8-10(14)2-3-12(11)15/h2-3,8,17H,4-7,9H2,1H3. The molecule has 1 saturated heterocycles. The zero-order valence-electron chi connectivity index (χ0n) is 9.92. The molecule has 1 N–H and O–H groups in total. The van der Waals surface area contributed by atoms with Crippen molar-refractivity contribution in [1.82, 2.24) is 4.90 Å². The van der Waals surface area contributed by atoms with Gasteiger partial charge in [-0.15, -0.1) is 0 Å². The highest BCUT2D eigenvalue weighted by molar-refractivity contribution is 5.29. The van der Waals surface area contributed by atoms with Crippen molar-refractivity contribution in [3.05, 3.63) is 35.4 Å². The molecule has 0 aromatic heterocycles. The molecule has 1 aromatic carbocycles. The Morgan fingerprint density at radius 2 is 1.94 bits per heavy atom. The van der Waals surface area contributed by atoms with E-state index in [4.69, 9.17) is 0 Å². The van der Waals surface area contributed by atoms with Gasteiger partial charge in [-0.1, -0.05) is 0 Å². The van der Waals surface area contributed by atoms with Gasteiger partial charge in [0.15, 0.2) is 0 Å². The van der Waals surface area contributed by atoms with Crippen molar-refractivity contribution in [3.63, 3.8) is 0 Å². The minimum Gasteiger partial charge on any atom is -0.395 e. The number of aliphatic hydroxyl groups is 1. The number of nitrogens with zero attached hydrogens (tertiary/aromatic N) is 1. The van der Waals surface area contributed by atoms with Crippen LogP contribution >= 0.6 is 0 Å². The predicted octanol–water partition coefficient (Wildman–Crippen LogP) is 1.92. The third kappa shape index (κ3) is 2.33. The van der Waals surface area contributed by atoms with Gasteiger partial charge in [0, 0.05) is 5.41 Å². The molecule has 4 heteroatoms. The Morgan fingerprint density at radius 1 is 1.29 bits per heavy atom. The lowest BCUT2D eigenvalue weighted by molar-refractivity contribution is 0.111. The van der Waals surface area contributed by atoms with Crippen molar-refractivity contribution in [2.75, 3.05) is 26.7 Å². The van der Waals surface area contributed by atoms with Gasteiger partial charge in [0.05, 0.1) is 6.61 Å². The zero-order valence-corrected chi connectivity index (χ0v) is 9.92. The number of piperidine rings is 1. The van der Waals surface area contributed by atoms with Crippen molar-refractivity contribution in [3.8, 4) is 0 Å². The largest absolute Gasteiger partial charge is 0.395 e. The molecule has 1 heterocycles. The first-order valence-electron chi connectivity index (χ1n) is 5.82. The number of benzene rings is 1. The van der Waals surface area contributed by atoms with E-state index in [-0.39, 0.29) is 6.61 Å². The van der Waals surface area contributed by atoms with E-state index in [9.17, 15) is 13.9 Å². The molecule has 1 aliphatic rings. The summed E-state index contributed by atoms with van der Waals surface area (Å²) in [7, 11) is 1.99. The van der Waals surface area contributed by atoms with Crippen LogP contribution in [0.15, 0.2) is 18.2 Å². The Balaban J connectivity index is 2.37. The summed E-state index contributed by atoms with van der Waals surface area (Å²) in [5.41, 5.74) is -0.313. The molecule has 2 rings (SSSR count). The van der Waals surface area contributed by atoms with E-state index in [1.165, 1.54) is 6.07 Å². The highest BCUT2D eigenvalue weighted by atomic mass is 19.1. The third-order valence-electron chi connectivity index (χ3n) is 3.75. The minimum absolute atomic E-state index is 0.138. The Kier molecular flexibility index (Phi) is 3.45. The maximum atomic E-state index is 13.8. The smallest absolute Gasteiger partial charge is 0.127 e. The molecule has 1 aromatic rings. The van der Waals surface area contributed by atoms with Crippen LogP contribution in [0.3, 0.4) is 0 Å². The predicted molar refractivity (Wildman–Crippen MR) is 61.9 cm³/mol. The first kappa shape index (κ1) is 12.5. The first-order chi connectivity index (χ1) is 8.07. The fourth-order valence-electron chi connectivity index (χ4n) is 2.46. The van der Waals surface area contributed by atoms with Gasteiger partial charge in [0.1, 0.15) is 11.6 Å². The van der Waals surface area contributed by atoms with Crippen molar-refractivity contribution in [2.24, 2.45) is 0 Å². The van der Waals surface area contributed by atoms with Crippen LogP contribution in [0.1, 0.15) is 18.4 Å². The number of likely N-dealkylation sites (tertiary alicyclic amines) is 1. The maximum Gasteiger partial charge on any atom is 0.127 e. The molecule has 0 aliphatic carbocycles. The van der Waals surface area contributed by atoms with Crippen molar-refractivity contribution in [2.45, 2.75) is 18.3 Å². The Bertz CT molecular complexity index is 400. The summed E-state index contributed by atoms with van der Waals surface area (Å²) < 4.78 is 27.0. The zero-order chi connectivity index (χ0) is 12.5. The molecular weight excluding hydrogens is 224 g/mol. The van der Waals surface area contributed by atoms with Crippen LogP contribution in [0.4, 0.5) is 8.78 Å². The molecule has 0 radical (unpaired) electrons. The van der Waals surface area contributed by atoms with E-state index in [2.05, 4.69) is 4.90 Å². The van der Waals surface area contributed by atoms with E-state index >= 15 is 0 Å². The van der Waals surface area contributed by atoms with Crippen molar-refractivity contribution >= 4 is 0 Å². The lowest BCUT2D eigenvalue weighted by Crippen LogP contribution is -2.43. The van der Waals surface area contributed by atoms with Crippen LogP contribution in [0.25, 0.3) is 0 Å². The molecule has 1 fully saturated rings. The summed E-state index contributed by atoms with van der Waals surface area (Å²) in [6.07, 6.45) is 1.31. The van der Waals surface area contributed by atoms with Crippen LogP contribution in [0.2, 0.25) is 0 Å². The highest BCUT2D eigenvalue weighted by Crippen LogP contribution is 2.36. The molecular formula is C13H17F2NO. The normalized spacial score (nSPS) is 20.5. The summed E-state index contributed by atoms with van der Waals surface area (Å²) in [5, 5.41) is 9.59. The van der Waals surface area contributed by atoms with Gasteiger partial charge in [0.2, 0.25) is 0 Å². The fraction of sp³-hybridized carbons (Fsp3) is 0.538. The average molecular weight is 241 g/mol. The number of halogens is 2. The van der Waals surface area contributed by atoms with Gasteiger partial charge in [-0.3, -0.25) is 0 Å². The molecule has 1 aliphatic heterocycles. The summed E-state index contributed by atoms with van der Waals surface area (Å²) >= 11 is 0. The van der Waals surface area contributed by atoms with Gasteiger partial charge in [0.25, 0.3) is 0 Å². The molecule has 0 bridgehead atoms. The number of rotatable bonds is 2. The molecule has 0 saturated carbocycles. The second-order valence-electron chi connectivity index (χ2n) is 4.87. The van der Waals surface area contributed by atoms with Gasteiger partial charge >= 0.3 is 0 Å². The van der Waals surface area contributed by atoms with E-state index in [0.29, 0.717) is 18.4 Å². The van der Waals surface area contributed by atoms with E-state index < -0.39 is 17.0 Å². The topological polar surface area (TPSA) is 23.5 Å². The van der Waals surface area contributed by atoms with Gasteiger partial charge in [-0.2, -0.15) is 0 Å². The Morgan fingerprint density at radius 3 is 2.53 bits per heavy atom. The van der Waals surface area contributed by atoms with Crippen LogP contribution < -0.4 is 0 Å². The van der Waals surface area contributed by atoms with Gasteiger partial charge in [-0.25, -0.2) is 8.78 Å². The van der Waals surface area contributed by atoms with Crippen molar-refractivity contribution in [1.29, 1.82) is 0 Å². The number of hydrogen-bond donors (Lipinski definition) is 1. The minimum atomic E-state index is -0.626. The molecule has 17 heavy (non-hydrogen) atoms. The monoisotopic (exact) mass is 241 g/mol. The Hall–Kier alpha value is -1.00. The summed E-state index contributed by atoms with van der Waals surface area (Å²) in [5.74, 6) is -0.877. The van der Waals surface area contributed by atoms with Crippen LogP contribution in [-0.2, 0) is 5.41 Å². The molecule has 0 atom stereocenters. The van der Waals surface area contributed by atoms with E-state index in [1.807, 2.05) is 7.05 Å². The number of aliphatic hydroxyl groups excluding tert-OH is 1. The number of hydrogen-bond acceptors (Lipinski definition) is 2. The summed E-state index contributed by atoms with van der Waals surface area (Å²) in [4.78, 5) is 2.13. The van der Waals surface area contributed by atoms with Crippen LogP contribution in [-0.4, -0.2) is 36.8 Å². The average Bonchev–Trinajstić information content (AvgIpc) is 2.34. The lowest BCUT2D eigenvalue weighted by Gasteiger charge is -2.40. The van der Waals surface area contributed by atoms with E-state index in [0.717, 1.165) is 25.2 Å². The second-order valence-corrected chi connectivity index (χ2v) is 4.87. The first-order valence-corrected chi connectivity index (χ1v) is 5.82. The van der Waals surface area contributed by atoms with Crippen molar-refractivity contribution < 1.29 is 13.9 Å². The van der Waals surface area contributed by atoms with Gasteiger partial charge in [-0.05, 0) is 56.7 Å². The summed E-state index contributed by atoms with van der Waals surface area (Å²) in [6.45, 7) is 1.44. The maximum absolute atomic E-state index is 13.8. The second kappa shape index (κ2) is 4.70. The molecule has 94 valence electrons. The van der Waals surface area contributed by atoms with E-state index in [1.54, 1.807) is 0 Å². The quantitative estimate of drug-likeness (QED) is 0.855. The van der Waals surface area contributed by atoms with Crippen LogP contribution in [0.5, 0.6) is 0 Å². The summed E-state index contributed by atoms with van der Waals surface area (Å²) in [6, 6.07) is 3.47. The third-order valence-corrected chi connectivity index (χ3v) is 3.75. The lowest BCUT2D eigenvalue weighted by atomic mass is 9.73. The molecule has 2 nitrogen and oxygen atoms in total. The fourth-order valence-corrected chi connectivity index (χ4v) is 2.46. The SMILES string of the molecule is CN1CCC(CO)(c2cc(F)ccc2F)CC1. The molecule has 0 amide bonds. The molecule has 0 spiro atoms. The Labute approximate surface area is 99.9 Å².